The predicted molar refractivity (Wildman–Crippen MR) is 93.5 cm³/mol. The Morgan fingerprint density at radius 3 is 2.41 bits per heavy atom. The third-order valence-electron chi connectivity index (χ3n) is 3.92. The Kier molecular flexibility index (Phi) is 6.16. The number of hydrogen-bond acceptors (Lipinski definition) is 3. The Morgan fingerprint density at radius 2 is 1.86 bits per heavy atom. The van der Waals surface area contributed by atoms with Gasteiger partial charge in [-0.15, -0.1) is 11.3 Å². The van der Waals surface area contributed by atoms with Crippen molar-refractivity contribution in [1.29, 1.82) is 0 Å². The van der Waals surface area contributed by atoms with Crippen LogP contribution in [0.2, 0.25) is 0 Å². The maximum absolute atomic E-state index is 12.2. The molecule has 3 nitrogen and oxygen atoms in total. The van der Waals surface area contributed by atoms with E-state index in [-0.39, 0.29) is 11.9 Å². The molecule has 0 saturated heterocycles. The standard InChI is InChI=1S/C18H24N2OS/c1-4-20(5-2)16(15-10-8-14(3)9-11-15)13-19-18(21)17-7-6-12-22-17/h6-12,16H,4-5,13H2,1-3H3,(H,19,21). The third-order valence-corrected chi connectivity index (χ3v) is 4.78. The first-order valence-electron chi connectivity index (χ1n) is 7.78. The van der Waals surface area contributed by atoms with Crippen molar-refractivity contribution < 1.29 is 4.79 Å². The van der Waals surface area contributed by atoms with Gasteiger partial charge in [0.15, 0.2) is 0 Å². The van der Waals surface area contributed by atoms with Gasteiger partial charge in [-0.1, -0.05) is 49.7 Å². The van der Waals surface area contributed by atoms with Crippen LogP contribution in [0.3, 0.4) is 0 Å². The van der Waals surface area contributed by atoms with Gasteiger partial charge in [0.2, 0.25) is 0 Å². The molecule has 2 rings (SSSR count). The van der Waals surface area contributed by atoms with Crippen LogP contribution in [0.5, 0.6) is 0 Å². The smallest absolute Gasteiger partial charge is 0.261 e. The van der Waals surface area contributed by atoms with Gasteiger partial charge < -0.3 is 5.32 Å². The van der Waals surface area contributed by atoms with Crippen LogP contribution in [0.25, 0.3) is 0 Å². The van der Waals surface area contributed by atoms with E-state index < -0.39 is 0 Å². The molecule has 1 aromatic heterocycles. The summed E-state index contributed by atoms with van der Waals surface area (Å²) in [7, 11) is 0. The average Bonchev–Trinajstić information content (AvgIpc) is 3.07. The summed E-state index contributed by atoms with van der Waals surface area (Å²) in [5.74, 6) is 0.0132. The number of rotatable bonds is 7. The Labute approximate surface area is 137 Å². The van der Waals surface area contributed by atoms with E-state index in [0.29, 0.717) is 6.54 Å². The van der Waals surface area contributed by atoms with E-state index in [1.54, 1.807) is 0 Å². The maximum atomic E-state index is 12.2. The highest BCUT2D eigenvalue weighted by atomic mass is 32.1. The van der Waals surface area contributed by atoms with Crippen molar-refractivity contribution in [2.75, 3.05) is 19.6 Å². The van der Waals surface area contributed by atoms with Crippen molar-refractivity contribution in [2.45, 2.75) is 26.8 Å². The molecular weight excluding hydrogens is 292 g/mol. The minimum absolute atomic E-state index is 0.0132. The third kappa shape index (κ3) is 4.18. The molecule has 4 heteroatoms. The van der Waals surface area contributed by atoms with Gasteiger partial charge in [0.05, 0.1) is 10.9 Å². The van der Waals surface area contributed by atoms with Crippen LogP contribution in [0, 0.1) is 6.92 Å². The first-order valence-corrected chi connectivity index (χ1v) is 8.66. The first-order chi connectivity index (χ1) is 10.7. The van der Waals surface area contributed by atoms with Gasteiger partial charge in [-0.25, -0.2) is 0 Å². The second kappa shape index (κ2) is 8.11. The summed E-state index contributed by atoms with van der Waals surface area (Å²) in [6.07, 6.45) is 0. The molecule has 1 unspecified atom stereocenters. The molecule has 1 N–H and O–H groups in total. The molecule has 0 aliphatic rings. The van der Waals surface area contributed by atoms with E-state index in [2.05, 4.69) is 55.3 Å². The molecule has 22 heavy (non-hydrogen) atoms. The number of amides is 1. The van der Waals surface area contributed by atoms with Crippen molar-refractivity contribution >= 4 is 17.2 Å². The summed E-state index contributed by atoms with van der Waals surface area (Å²) in [6, 6.07) is 12.6. The molecule has 0 spiro atoms. The molecule has 0 aliphatic heterocycles. The monoisotopic (exact) mass is 316 g/mol. The highest BCUT2D eigenvalue weighted by Crippen LogP contribution is 2.20. The second-order valence-electron chi connectivity index (χ2n) is 5.34. The lowest BCUT2D eigenvalue weighted by molar-refractivity contribution is 0.0939. The zero-order valence-corrected chi connectivity index (χ0v) is 14.3. The Morgan fingerprint density at radius 1 is 1.18 bits per heavy atom. The lowest BCUT2D eigenvalue weighted by atomic mass is 10.0. The van der Waals surface area contributed by atoms with Gasteiger partial charge in [0.25, 0.3) is 5.91 Å². The van der Waals surface area contributed by atoms with Crippen LogP contribution in [-0.4, -0.2) is 30.4 Å². The molecule has 1 aromatic carbocycles. The van der Waals surface area contributed by atoms with Gasteiger partial charge in [-0.3, -0.25) is 9.69 Å². The van der Waals surface area contributed by atoms with Gasteiger partial charge >= 0.3 is 0 Å². The fourth-order valence-corrected chi connectivity index (χ4v) is 3.24. The number of carbonyl (C=O) groups is 1. The fraction of sp³-hybridized carbons (Fsp3) is 0.389. The van der Waals surface area contributed by atoms with E-state index in [9.17, 15) is 4.79 Å². The highest BCUT2D eigenvalue weighted by molar-refractivity contribution is 7.12. The largest absolute Gasteiger partial charge is 0.349 e. The summed E-state index contributed by atoms with van der Waals surface area (Å²) >= 11 is 1.47. The second-order valence-corrected chi connectivity index (χ2v) is 6.28. The number of aryl methyl sites for hydroxylation is 1. The number of nitrogens with one attached hydrogen (secondary N) is 1. The van der Waals surface area contributed by atoms with E-state index >= 15 is 0 Å². The van der Waals surface area contributed by atoms with Crippen molar-refractivity contribution in [3.63, 3.8) is 0 Å². The summed E-state index contributed by atoms with van der Waals surface area (Å²) in [4.78, 5) is 15.3. The first kappa shape index (κ1) is 16.7. The van der Waals surface area contributed by atoms with Crippen LogP contribution in [-0.2, 0) is 0 Å². The SMILES string of the molecule is CCN(CC)C(CNC(=O)c1cccs1)c1ccc(C)cc1. The van der Waals surface area contributed by atoms with Crippen molar-refractivity contribution in [3.05, 3.63) is 57.8 Å². The lowest BCUT2D eigenvalue weighted by Gasteiger charge is -2.30. The Hall–Kier alpha value is -1.65. The molecule has 1 heterocycles. The number of benzene rings is 1. The molecule has 0 aliphatic carbocycles. The summed E-state index contributed by atoms with van der Waals surface area (Å²) in [5.41, 5.74) is 2.51. The number of thiophene rings is 1. The molecule has 0 saturated carbocycles. The fourth-order valence-electron chi connectivity index (χ4n) is 2.59. The molecule has 1 amide bonds. The van der Waals surface area contributed by atoms with Crippen molar-refractivity contribution in [3.8, 4) is 0 Å². The van der Waals surface area contributed by atoms with Crippen molar-refractivity contribution in [2.24, 2.45) is 0 Å². The zero-order chi connectivity index (χ0) is 15.9. The van der Waals surface area contributed by atoms with Crippen LogP contribution in [0.1, 0.15) is 40.7 Å². The normalized spacial score (nSPS) is 12.4. The number of nitrogens with zero attached hydrogens (tertiary/aromatic N) is 1. The predicted octanol–water partition coefficient (Wildman–Crippen LogP) is 3.87. The molecule has 0 bridgehead atoms. The van der Waals surface area contributed by atoms with E-state index in [4.69, 9.17) is 0 Å². The van der Waals surface area contributed by atoms with Gasteiger partial charge in [0, 0.05) is 6.54 Å². The Balaban J connectivity index is 2.11. The number of hydrogen-bond donors (Lipinski definition) is 1. The average molecular weight is 316 g/mol. The Bertz CT molecular complexity index is 574. The molecule has 0 radical (unpaired) electrons. The van der Waals surface area contributed by atoms with Gasteiger partial charge in [0.1, 0.15) is 0 Å². The van der Waals surface area contributed by atoms with Gasteiger partial charge in [-0.05, 0) is 37.0 Å². The summed E-state index contributed by atoms with van der Waals surface area (Å²) in [6.45, 7) is 8.96. The number of likely N-dealkylation sites (N-methyl/N-ethyl adjacent to an activating group) is 1. The number of carbonyl (C=O) groups excluding carboxylic acids is 1. The van der Waals surface area contributed by atoms with E-state index in [0.717, 1.165) is 18.0 Å². The molecular formula is C18H24N2OS. The molecule has 118 valence electrons. The summed E-state index contributed by atoms with van der Waals surface area (Å²) in [5, 5.41) is 5.00. The minimum Gasteiger partial charge on any atom is -0.349 e. The zero-order valence-electron chi connectivity index (χ0n) is 13.5. The maximum Gasteiger partial charge on any atom is 0.261 e. The van der Waals surface area contributed by atoms with Crippen LogP contribution in [0.15, 0.2) is 41.8 Å². The molecule has 1 atom stereocenters. The minimum atomic E-state index is 0.0132. The topological polar surface area (TPSA) is 32.3 Å². The van der Waals surface area contributed by atoms with E-state index in [1.165, 1.54) is 22.5 Å². The van der Waals surface area contributed by atoms with E-state index in [1.807, 2.05) is 17.5 Å². The van der Waals surface area contributed by atoms with Crippen LogP contribution in [0.4, 0.5) is 0 Å². The van der Waals surface area contributed by atoms with Crippen LogP contribution < -0.4 is 5.32 Å². The highest BCUT2D eigenvalue weighted by Gasteiger charge is 2.19. The summed E-state index contributed by atoms with van der Waals surface area (Å²) < 4.78 is 0. The van der Waals surface area contributed by atoms with Gasteiger partial charge in [-0.2, -0.15) is 0 Å². The quantitative estimate of drug-likeness (QED) is 0.841. The van der Waals surface area contributed by atoms with Crippen molar-refractivity contribution in [1.82, 2.24) is 10.2 Å². The van der Waals surface area contributed by atoms with Crippen LogP contribution >= 0.6 is 11.3 Å². The lowest BCUT2D eigenvalue weighted by Crippen LogP contribution is -2.37. The molecule has 0 fully saturated rings. The molecule has 2 aromatic rings.